The largest absolute Gasteiger partial charge is 0.478 e. The van der Waals surface area contributed by atoms with Crippen molar-refractivity contribution < 1.29 is 14.6 Å². The summed E-state index contributed by atoms with van der Waals surface area (Å²) in [4.78, 5) is 14.8. The predicted octanol–water partition coefficient (Wildman–Crippen LogP) is 4.04. The highest BCUT2D eigenvalue weighted by atomic mass is 79.9. The Kier molecular flexibility index (Phi) is 4.53. The van der Waals surface area contributed by atoms with E-state index in [1.165, 1.54) is 6.08 Å². The molecule has 1 heterocycles. The molecule has 0 amide bonds. The molecule has 0 spiro atoms. The van der Waals surface area contributed by atoms with E-state index >= 15 is 0 Å². The molecule has 1 N–H and O–H groups in total. The lowest BCUT2D eigenvalue weighted by molar-refractivity contribution is -0.131. The van der Waals surface area contributed by atoms with Crippen LogP contribution in [0.5, 0.6) is 11.5 Å². The first-order chi connectivity index (χ1) is 9.54. The SMILES string of the molecule is Cc1ccc(Oc2ccc(Br)cc2/C=C/C(=O)O)cn1. The van der Waals surface area contributed by atoms with Crippen LogP contribution in [0.1, 0.15) is 11.3 Å². The van der Waals surface area contributed by atoms with E-state index in [1.807, 2.05) is 25.1 Å². The quantitative estimate of drug-likeness (QED) is 0.857. The Morgan fingerprint density at radius 1 is 1.35 bits per heavy atom. The van der Waals surface area contributed by atoms with E-state index in [-0.39, 0.29) is 0 Å². The van der Waals surface area contributed by atoms with Gasteiger partial charge in [-0.3, -0.25) is 4.98 Å². The Morgan fingerprint density at radius 3 is 2.80 bits per heavy atom. The first kappa shape index (κ1) is 14.3. The maximum absolute atomic E-state index is 10.6. The normalized spacial score (nSPS) is 10.7. The van der Waals surface area contributed by atoms with Crippen molar-refractivity contribution in [3.63, 3.8) is 0 Å². The van der Waals surface area contributed by atoms with Gasteiger partial charge in [0.15, 0.2) is 0 Å². The molecule has 0 radical (unpaired) electrons. The Bertz CT molecular complexity index is 651. The van der Waals surface area contributed by atoms with Crippen LogP contribution in [0.2, 0.25) is 0 Å². The lowest BCUT2D eigenvalue weighted by Gasteiger charge is -2.09. The van der Waals surface area contributed by atoms with Crippen LogP contribution in [0, 0.1) is 6.92 Å². The number of aromatic nitrogens is 1. The molecule has 5 heteroatoms. The second kappa shape index (κ2) is 6.34. The number of aliphatic carboxylic acids is 1. The number of benzene rings is 1. The van der Waals surface area contributed by atoms with Crippen LogP contribution in [0.15, 0.2) is 47.1 Å². The highest BCUT2D eigenvalue weighted by molar-refractivity contribution is 9.10. The molecule has 2 rings (SSSR count). The number of carboxylic acid groups (broad SMARTS) is 1. The third-order valence-electron chi connectivity index (χ3n) is 2.49. The molecule has 0 saturated carbocycles. The highest BCUT2D eigenvalue weighted by Crippen LogP contribution is 2.28. The Balaban J connectivity index is 2.30. The molecule has 20 heavy (non-hydrogen) atoms. The molecule has 0 aliphatic rings. The van der Waals surface area contributed by atoms with Gasteiger partial charge in [-0.2, -0.15) is 0 Å². The molecule has 2 aromatic rings. The number of aryl methyl sites for hydroxylation is 1. The van der Waals surface area contributed by atoms with Gasteiger partial charge in [-0.15, -0.1) is 0 Å². The van der Waals surface area contributed by atoms with Gasteiger partial charge in [0, 0.05) is 21.8 Å². The fraction of sp³-hybridized carbons (Fsp3) is 0.0667. The summed E-state index contributed by atoms with van der Waals surface area (Å²) in [7, 11) is 0. The smallest absolute Gasteiger partial charge is 0.328 e. The molecular formula is C15H12BrNO3. The summed E-state index contributed by atoms with van der Waals surface area (Å²) < 4.78 is 6.57. The minimum absolute atomic E-state index is 0.566. The molecule has 4 nitrogen and oxygen atoms in total. The van der Waals surface area contributed by atoms with Gasteiger partial charge < -0.3 is 9.84 Å². The van der Waals surface area contributed by atoms with Crippen LogP contribution >= 0.6 is 15.9 Å². The maximum atomic E-state index is 10.6. The van der Waals surface area contributed by atoms with Crippen molar-refractivity contribution in [2.45, 2.75) is 6.92 Å². The van der Waals surface area contributed by atoms with Gasteiger partial charge >= 0.3 is 5.97 Å². The van der Waals surface area contributed by atoms with Crippen LogP contribution < -0.4 is 4.74 Å². The summed E-state index contributed by atoms with van der Waals surface area (Å²) in [5.74, 6) is 0.159. The average Bonchev–Trinajstić information content (AvgIpc) is 2.41. The van der Waals surface area contributed by atoms with Crippen molar-refractivity contribution in [2.24, 2.45) is 0 Å². The highest BCUT2D eigenvalue weighted by Gasteiger charge is 2.04. The fourth-order valence-electron chi connectivity index (χ4n) is 1.55. The summed E-state index contributed by atoms with van der Waals surface area (Å²) in [6, 6.07) is 9.05. The van der Waals surface area contributed by atoms with Crippen molar-refractivity contribution in [2.75, 3.05) is 0 Å². The van der Waals surface area contributed by atoms with Gasteiger partial charge in [-0.25, -0.2) is 4.79 Å². The van der Waals surface area contributed by atoms with Crippen molar-refractivity contribution in [3.05, 3.63) is 58.3 Å². The van der Waals surface area contributed by atoms with Crippen molar-refractivity contribution in [1.82, 2.24) is 4.98 Å². The number of halogens is 1. The van der Waals surface area contributed by atoms with Gasteiger partial charge in [-0.05, 0) is 43.3 Å². The lowest BCUT2D eigenvalue weighted by Crippen LogP contribution is -1.91. The molecule has 0 saturated heterocycles. The maximum Gasteiger partial charge on any atom is 0.328 e. The molecule has 0 aliphatic heterocycles. The zero-order chi connectivity index (χ0) is 14.5. The third-order valence-corrected chi connectivity index (χ3v) is 2.98. The van der Waals surface area contributed by atoms with Gasteiger partial charge in [0.25, 0.3) is 0 Å². The van der Waals surface area contributed by atoms with Crippen LogP contribution in [-0.4, -0.2) is 16.1 Å². The van der Waals surface area contributed by atoms with Gasteiger partial charge in [0.2, 0.25) is 0 Å². The van der Waals surface area contributed by atoms with E-state index in [9.17, 15) is 4.79 Å². The zero-order valence-corrected chi connectivity index (χ0v) is 12.3. The van der Waals surface area contributed by atoms with Crippen molar-refractivity contribution >= 4 is 28.0 Å². The summed E-state index contributed by atoms with van der Waals surface area (Å²) in [5.41, 5.74) is 1.57. The molecule has 1 aromatic carbocycles. The van der Waals surface area contributed by atoms with E-state index in [2.05, 4.69) is 20.9 Å². The molecule has 0 atom stereocenters. The Morgan fingerprint density at radius 2 is 2.15 bits per heavy atom. The van der Waals surface area contributed by atoms with E-state index in [4.69, 9.17) is 9.84 Å². The monoisotopic (exact) mass is 333 g/mol. The van der Waals surface area contributed by atoms with Crippen molar-refractivity contribution in [1.29, 1.82) is 0 Å². The lowest BCUT2D eigenvalue weighted by atomic mass is 10.2. The summed E-state index contributed by atoms with van der Waals surface area (Å²) in [5, 5.41) is 8.71. The van der Waals surface area contributed by atoms with Crippen LogP contribution in [0.3, 0.4) is 0 Å². The summed E-state index contributed by atoms with van der Waals surface area (Å²) in [6.07, 6.45) is 4.19. The first-order valence-corrected chi connectivity index (χ1v) is 6.65. The number of rotatable bonds is 4. The topological polar surface area (TPSA) is 59.4 Å². The molecule has 0 aliphatic carbocycles. The number of ether oxygens (including phenoxy) is 1. The number of pyridine rings is 1. The molecule has 1 aromatic heterocycles. The minimum Gasteiger partial charge on any atom is -0.478 e. The summed E-state index contributed by atoms with van der Waals surface area (Å²) in [6.45, 7) is 1.89. The summed E-state index contributed by atoms with van der Waals surface area (Å²) >= 11 is 3.35. The van der Waals surface area contributed by atoms with Gasteiger partial charge in [-0.1, -0.05) is 15.9 Å². The molecular weight excluding hydrogens is 322 g/mol. The fourth-order valence-corrected chi connectivity index (χ4v) is 1.92. The molecule has 0 fully saturated rings. The molecule has 0 bridgehead atoms. The predicted molar refractivity (Wildman–Crippen MR) is 79.9 cm³/mol. The Labute approximate surface area is 124 Å². The molecule has 0 unspecified atom stereocenters. The van der Waals surface area contributed by atoms with E-state index in [0.29, 0.717) is 17.1 Å². The second-order valence-electron chi connectivity index (χ2n) is 4.09. The van der Waals surface area contributed by atoms with Gasteiger partial charge in [0.05, 0.1) is 6.20 Å². The van der Waals surface area contributed by atoms with Gasteiger partial charge in [0.1, 0.15) is 11.5 Å². The average molecular weight is 334 g/mol. The zero-order valence-electron chi connectivity index (χ0n) is 10.7. The number of hydrogen-bond donors (Lipinski definition) is 1. The molecule has 102 valence electrons. The third kappa shape index (κ3) is 3.93. The van der Waals surface area contributed by atoms with Crippen molar-refractivity contribution in [3.8, 4) is 11.5 Å². The number of hydrogen-bond acceptors (Lipinski definition) is 3. The van der Waals surface area contributed by atoms with Crippen LogP contribution in [0.25, 0.3) is 6.08 Å². The standard InChI is InChI=1S/C15H12BrNO3/c1-10-2-5-13(9-17-10)20-14-6-4-12(16)8-11(14)3-7-15(18)19/h2-9H,1H3,(H,18,19)/b7-3+. The first-order valence-electron chi connectivity index (χ1n) is 5.85. The van der Waals surface area contributed by atoms with Crippen LogP contribution in [0.4, 0.5) is 0 Å². The number of nitrogens with zero attached hydrogens (tertiary/aromatic N) is 1. The van der Waals surface area contributed by atoms with E-state index in [1.54, 1.807) is 18.3 Å². The van der Waals surface area contributed by atoms with E-state index < -0.39 is 5.97 Å². The Hall–Kier alpha value is -2.14. The number of carboxylic acids is 1. The second-order valence-corrected chi connectivity index (χ2v) is 5.01. The van der Waals surface area contributed by atoms with Crippen LogP contribution in [-0.2, 0) is 4.79 Å². The van der Waals surface area contributed by atoms with E-state index in [0.717, 1.165) is 16.2 Å². The minimum atomic E-state index is -1.01. The number of carbonyl (C=O) groups is 1.